The minimum atomic E-state index is -0.437. The van der Waals surface area contributed by atoms with Crippen molar-refractivity contribution in [1.82, 2.24) is 0 Å². The maximum Gasteiger partial charge on any atom is 0.316 e. The highest BCUT2D eigenvalue weighted by Crippen LogP contribution is 2.31. The summed E-state index contributed by atoms with van der Waals surface area (Å²) in [5, 5.41) is 0. The van der Waals surface area contributed by atoms with Crippen LogP contribution in [0.25, 0.3) is 0 Å². The fourth-order valence-corrected chi connectivity index (χ4v) is 3.29. The molecule has 1 heterocycles. The third-order valence-electron chi connectivity index (χ3n) is 4.86. The molecular formula is C21H23NO3. The lowest BCUT2D eigenvalue weighted by atomic mass is 10.1. The lowest BCUT2D eigenvalue weighted by Crippen LogP contribution is -2.28. The molecular weight excluding hydrogens is 314 g/mol. The van der Waals surface area contributed by atoms with Gasteiger partial charge in [-0.1, -0.05) is 24.3 Å². The zero-order valence-electron chi connectivity index (χ0n) is 15.1. The van der Waals surface area contributed by atoms with Gasteiger partial charge in [0.2, 0.25) is 5.91 Å². The summed E-state index contributed by atoms with van der Waals surface area (Å²) in [4.78, 5) is 26.7. The van der Waals surface area contributed by atoms with Gasteiger partial charge in [-0.3, -0.25) is 9.59 Å². The Morgan fingerprint density at radius 2 is 1.68 bits per heavy atom. The molecule has 1 saturated heterocycles. The summed E-state index contributed by atoms with van der Waals surface area (Å²) >= 11 is 0. The molecule has 1 amide bonds. The number of carbonyl (C=O) groups is 2. The van der Waals surface area contributed by atoms with Crippen molar-refractivity contribution in [3.8, 4) is 5.75 Å². The van der Waals surface area contributed by atoms with Crippen LogP contribution in [0.3, 0.4) is 0 Å². The summed E-state index contributed by atoms with van der Waals surface area (Å²) in [5.74, 6) is -0.274. The van der Waals surface area contributed by atoms with Crippen LogP contribution in [0.1, 0.15) is 28.7 Å². The first-order chi connectivity index (χ1) is 11.9. The SMILES string of the molecule is Cc1ccc(OC(=O)[C@@H]2CC(=O)N(c3c(C)cccc3C)C2)cc1C. The van der Waals surface area contributed by atoms with Gasteiger partial charge >= 0.3 is 5.97 Å². The first-order valence-corrected chi connectivity index (χ1v) is 8.52. The van der Waals surface area contributed by atoms with E-state index in [1.165, 1.54) is 0 Å². The molecule has 1 aliphatic rings. The number of para-hydroxylation sites is 1. The third-order valence-corrected chi connectivity index (χ3v) is 4.86. The van der Waals surface area contributed by atoms with Gasteiger partial charge in [0.05, 0.1) is 5.92 Å². The van der Waals surface area contributed by atoms with Crippen molar-refractivity contribution >= 4 is 17.6 Å². The topological polar surface area (TPSA) is 46.6 Å². The minimum Gasteiger partial charge on any atom is -0.426 e. The Bertz CT molecular complexity index is 821. The Balaban J connectivity index is 1.75. The van der Waals surface area contributed by atoms with E-state index in [1.54, 1.807) is 11.0 Å². The van der Waals surface area contributed by atoms with E-state index in [0.717, 1.165) is 27.9 Å². The van der Waals surface area contributed by atoms with E-state index in [-0.39, 0.29) is 18.3 Å². The Kier molecular flexibility index (Phi) is 4.62. The average Bonchev–Trinajstić information content (AvgIpc) is 2.93. The van der Waals surface area contributed by atoms with Crippen LogP contribution < -0.4 is 9.64 Å². The first-order valence-electron chi connectivity index (χ1n) is 8.52. The summed E-state index contributed by atoms with van der Waals surface area (Å²) in [6, 6.07) is 11.5. The van der Waals surface area contributed by atoms with Crippen molar-refractivity contribution in [2.24, 2.45) is 5.92 Å². The number of hydrogen-bond acceptors (Lipinski definition) is 3. The molecule has 3 rings (SSSR count). The average molecular weight is 337 g/mol. The van der Waals surface area contributed by atoms with Gasteiger partial charge in [0.25, 0.3) is 0 Å². The smallest absolute Gasteiger partial charge is 0.316 e. The lowest BCUT2D eigenvalue weighted by Gasteiger charge is -2.21. The largest absolute Gasteiger partial charge is 0.426 e. The van der Waals surface area contributed by atoms with Crippen LogP contribution in [0, 0.1) is 33.6 Å². The number of hydrogen-bond donors (Lipinski definition) is 0. The van der Waals surface area contributed by atoms with E-state index in [0.29, 0.717) is 12.3 Å². The second-order valence-electron chi connectivity index (χ2n) is 6.81. The Labute approximate surface area is 148 Å². The van der Waals surface area contributed by atoms with Crippen molar-refractivity contribution < 1.29 is 14.3 Å². The third kappa shape index (κ3) is 3.43. The Morgan fingerprint density at radius 1 is 1.00 bits per heavy atom. The zero-order chi connectivity index (χ0) is 18.1. The van der Waals surface area contributed by atoms with Gasteiger partial charge in [-0.25, -0.2) is 0 Å². The molecule has 0 radical (unpaired) electrons. The summed E-state index contributed by atoms with van der Waals surface area (Å²) in [7, 11) is 0. The highest BCUT2D eigenvalue weighted by Gasteiger charge is 2.37. The highest BCUT2D eigenvalue weighted by molar-refractivity contribution is 6.00. The lowest BCUT2D eigenvalue weighted by molar-refractivity contribution is -0.139. The number of rotatable bonds is 3. The number of carbonyl (C=O) groups excluding carboxylic acids is 2. The molecule has 0 aromatic heterocycles. The molecule has 0 aliphatic carbocycles. The molecule has 0 N–H and O–H groups in total. The van der Waals surface area contributed by atoms with Crippen LogP contribution in [0.2, 0.25) is 0 Å². The number of aryl methyl sites for hydroxylation is 4. The summed E-state index contributed by atoms with van der Waals surface area (Å²) in [6.45, 7) is 8.33. The quantitative estimate of drug-likeness (QED) is 0.631. The molecule has 0 bridgehead atoms. The first kappa shape index (κ1) is 17.2. The van der Waals surface area contributed by atoms with Gasteiger partial charge in [0, 0.05) is 18.7 Å². The van der Waals surface area contributed by atoms with E-state index in [9.17, 15) is 9.59 Å². The van der Waals surface area contributed by atoms with Crippen LogP contribution in [-0.2, 0) is 9.59 Å². The summed E-state index contributed by atoms with van der Waals surface area (Å²) in [5.41, 5.74) is 5.21. The van der Waals surface area contributed by atoms with E-state index in [4.69, 9.17) is 4.74 Å². The minimum absolute atomic E-state index is 0.0283. The van der Waals surface area contributed by atoms with E-state index >= 15 is 0 Å². The number of benzene rings is 2. The fourth-order valence-electron chi connectivity index (χ4n) is 3.29. The Morgan fingerprint density at radius 3 is 2.32 bits per heavy atom. The standard InChI is InChI=1S/C21H23NO3/c1-13-8-9-18(10-16(13)4)25-21(24)17-11-19(23)22(12-17)20-14(2)6-5-7-15(20)3/h5-10,17H,11-12H2,1-4H3/t17-/m1/s1. The van der Waals surface area contributed by atoms with Crippen molar-refractivity contribution in [3.63, 3.8) is 0 Å². The predicted molar refractivity (Wildman–Crippen MR) is 97.9 cm³/mol. The number of nitrogens with zero attached hydrogens (tertiary/aromatic N) is 1. The Hall–Kier alpha value is -2.62. The molecule has 0 saturated carbocycles. The molecule has 4 nitrogen and oxygen atoms in total. The van der Waals surface area contributed by atoms with Crippen molar-refractivity contribution in [1.29, 1.82) is 0 Å². The monoisotopic (exact) mass is 337 g/mol. The molecule has 1 atom stereocenters. The van der Waals surface area contributed by atoms with Crippen LogP contribution in [0.4, 0.5) is 5.69 Å². The maximum atomic E-state index is 12.5. The van der Waals surface area contributed by atoms with Crippen LogP contribution >= 0.6 is 0 Å². The van der Waals surface area contributed by atoms with Gasteiger partial charge in [0.15, 0.2) is 0 Å². The molecule has 2 aromatic carbocycles. The van der Waals surface area contributed by atoms with Gasteiger partial charge in [-0.15, -0.1) is 0 Å². The van der Waals surface area contributed by atoms with Gasteiger partial charge in [0.1, 0.15) is 5.75 Å². The van der Waals surface area contributed by atoms with Crippen LogP contribution in [0.15, 0.2) is 36.4 Å². The van der Waals surface area contributed by atoms with Crippen LogP contribution in [-0.4, -0.2) is 18.4 Å². The predicted octanol–water partition coefficient (Wildman–Crippen LogP) is 3.88. The summed E-state index contributed by atoms with van der Waals surface area (Å²) < 4.78 is 5.51. The van der Waals surface area contributed by atoms with Gasteiger partial charge in [-0.05, 0) is 62.1 Å². The summed E-state index contributed by atoms with van der Waals surface area (Å²) in [6.07, 6.45) is 0.192. The molecule has 25 heavy (non-hydrogen) atoms. The molecule has 130 valence electrons. The van der Waals surface area contributed by atoms with Crippen molar-refractivity contribution in [2.75, 3.05) is 11.4 Å². The molecule has 1 aliphatic heterocycles. The molecule has 0 unspecified atom stereocenters. The van der Waals surface area contributed by atoms with Crippen LogP contribution in [0.5, 0.6) is 5.75 Å². The normalized spacial score (nSPS) is 17.0. The van der Waals surface area contributed by atoms with E-state index in [2.05, 4.69) is 0 Å². The number of amides is 1. The van der Waals surface area contributed by atoms with Gasteiger partial charge < -0.3 is 9.64 Å². The molecule has 2 aromatic rings. The second-order valence-corrected chi connectivity index (χ2v) is 6.81. The zero-order valence-corrected chi connectivity index (χ0v) is 15.1. The fraction of sp³-hybridized carbons (Fsp3) is 0.333. The molecule has 1 fully saturated rings. The second kappa shape index (κ2) is 6.71. The van der Waals surface area contributed by atoms with E-state index < -0.39 is 5.92 Å². The van der Waals surface area contributed by atoms with Gasteiger partial charge in [-0.2, -0.15) is 0 Å². The number of ether oxygens (including phenoxy) is 1. The molecule has 4 heteroatoms. The number of anilines is 1. The number of esters is 1. The van der Waals surface area contributed by atoms with Crippen molar-refractivity contribution in [2.45, 2.75) is 34.1 Å². The maximum absolute atomic E-state index is 12.5. The highest BCUT2D eigenvalue weighted by atomic mass is 16.5. The van der Waals surface area contributed by atoms with Crippen molar-refractivity contribution in [3.05, 3.63) is 58.7 Å². The molecule has 0 spiro atoms. The van der Waals surface area contributed by atoms with E-state index in [1.807, 2.05) is 58.0 Å².